The maximum atomic E-state index is 12.8. The van der Waals surface area contributed by atoms with Crippen LogP contribution in [0.2, 0.25) is 0 Å². The van der Waals surface area contributed by atoms with Gasteiger partial charge in [-0.1, -0.05) is 239 Å². The quantitative estimate of drug-likeness (QED) is 0.0278. The number of likely N-dealkylation sites (N-methyl/N-ethyl adjacent to an activating group) is 1. The van der Waals surface area contributed by atoms with Crippen molar-refractivity contribution in [3.05, 3.63) is 0 Å². The fourth-order valence-corrected chi connectivity index (χ4v) is 8.52. The van der Waals surface area contributed by atoms with Crippen molar-refractivity contribution in [1.29, 1.82) is 0 Å². The molecule has 1 N–H and O–H groups in total. The minimum Gasteiger partial charge on any atom is -0.462 e. The Kier molecular flexibility index (Phi) is 43.5. The first-order chi connectivity index (χ1) is 29.5. The van der Waals surface area contributed by atoms with Gasteiger partial charge in [0.15, 0.2) is 6.10 Å². The van der Waals surface area contributed by atoms with Gasteiger partial charge in [0.05, 0.1) is 27.7 Å². The summed E-state index contributed by atoms with van der Waals surface area (Å²) in [5.74, 6) is -0.776. The van der Waals surface area contributed by atoms with E-state index in [9.17, 15) is 19.0 Å². The van der Waals surface area contributed by atoms with Gasteiger partial charge in [0.2, 0.25) is 0 Å². The van der Waals surface area contributed by atoms with Crippen LogP contribution in [0.15, 0.2) is 0 Å². The number of hydrogen-bond donors (Lipinski definition) is 1. The summed E-state index contributed by atoms with van der Waals surface area (Å²) < 4.78 is 34.5. The van der Waals surface area contributed by atoms with Crippen molar-refractivity contribution in [2.75, 3.05) is 47.5 Å². The SMILES string of the molecule is CCCCCCCCCCCCCCCCCCCCCC(=O)OC(COC(=O)CCCCCCCCCCCCCCCCCCCC)COP(=O)(O)OCC[N+](C)(C)C. The van der Waals surface area contributed by atoms with Crippen molar-refractivity contribution in [3.63, 3.8) is 0 Å². The molecule has 10 heteroatoms. The molecule has 9 nitrogen and oxygen atoms in total. The van der Waals surface area contributed by atoms with Crippen LogP contribution < -0.4 is 0 Å². The molecule has 364 valence electrons. The Bertz CT molecular complexity index is 1010. The summed E-state index contributed by atoms with van der Waals surface area (Å²) in [6.45, 7) is 4.49. The lowest BCUT2D eigenvalue weighted by Crippen LogP contribution is -2.37. The number of hydrogen-bond acceptors (Lipinski definition) is 7. The first-order valence-electron chi connectivity index (χ1n) is 26.3. The predicted octanol–water partition coefficient (Wildman–Crippen LogP) is 15.5. The molecule has 0 aromatic rings. The van der Waals surface area contributed by atoms with Crippen molar-refractivity contribution in [1.82, 2.24) is 0 Å². The molecule has 0 heterocycles. The van der Waals surface area contributed by atoms with Crippen molar-refractivity contribution in [2.24, 2.45) is 0 Å². The number of unbranched alkanes of at least 4 members (excludes halogenated alkanes) is 35. The van der Waals surface area contributed by atoms with Gasteiger partial charge in [0, 0.05) is 12.8 Å². The molecular weight excluding hydrogens is 786 g/mol. The highest BCUT2D eigenvalue weighted by molar-refractivity contribution is 7.47. The second-order valence-corrected chi connectivity index (χ2v) is 20.7. The number of esters is 2. The van der Waals surface area contributed by atoms with Crippen molar-refractivity contribution in [3.8, 4) is 0 Å². The summed E-state index contributed by atoms with van der Waals surface area (Å²) in [4.78, 5) is 35.6. The normalized spacial score (nSPS) is 13.3. The van der Waals surface area contributed by atoms with Crippen molar-refractivity contribution in [2.45, 2.75) is 270 Å². The van der Waals surface area contributed by atoms with E-state index in [0.717, 1.165) is 38.5 Å². The smallest absolute Gasteiger partial charge is 0.462 e. The molecule has 0 rings (SSSR count). The zero-order valence-electron chi connectivity index (χ0n) is 41.2. The third kappa shape index (κ3) is 48.3. The third-order valence-electron chi connectivity index (χ3n) is 11.9. The number of quaternary nitrogens is 1. The van der Waals surface area contributed by atoms with Crippen molar-refractivity contribution < 1.29 is 42.1 Å². The Morgan fingerprint density at radius 1 is 0.443 bits per heavy atom. The van der Waals surface area contributed by atoms with Crippen LogP contribution in [0.25, 0.3) is 0 Å². The standard InChI is InChI=1S/C51H102NO8P/c1-6-8-10-12-14-16-18-20-22-24-26-28-30-32-34-36-38-40-42-44-51(54)60-49(48-59-61(55,56)58-46-45-52(3,4)5)47-57-50(53)43-41-39-37-35-33-31-29-27-25-23-21-19-17-15-13-11-9-7-2/h49H,6-48H2,1-5H3/p+1. The highest BCUT2D eigenvalue weighted by atomic mass is 31.2. The Labute approximate surface area is 378 Å². The van der Waals surface area contributed by atoms with Gasteiger partial charge in [-0.15, -0.1) is 0 Å². The second kappa shape index (κ2) is 44.2. The zero-order valence-corrected chi connectivity index (χ0v) is 42.1. The number of carbonyl (C=O) groups is 2. The van der Waals surface area contributed by atoms with E-state index < -0.39 is 26.5 Å². The summed E-state index contributed by atoms with van der Waals surface area (Å²) in [6.07, 6.45) is 47.2. The molecule has 0 aromatic carbocycles. The first-order valence-corrected chi connectivity index (χ1v) is 27.8. The molecule has 0 aliphatic carbocycles. The van der Waals surface area contributed by atoms with Gasteiger partial charge in [0.1, 0.15) is 19.8 Å². The topological polar surface area (TPSA) is 108 Å². The number of phosphoric acid groups is 1. The van der Waals surface area contributed by atoms with E-state index in [1.165, 1.54) is 199 Å². The van der Waals surface area contributed by atoms with Crippen LogP contribution in [0, 0.1) is 0 Å². The lowest BCUT2D eigenvalue weighted by Gasteiger charge is -2.24. The lowest BCUT2D eigenvalue weighted by molar-refractivity contribution is -0.870. The first kappa shape index (κ1) is 60.0. The molecule has 61 heavy (non-hydrogen) atoms. The zero-order chi connectivity index (χ0) is 45.0. The van der Waals surface area contributed by atoms with E-state index in [4.69, 9.17) is 18.5 Å². The molecule has 0 radical (unpaired) electrons. The van der Waals surface area contributed by atoms with Gasteiger partial charge in [-0.25, -0.2) is 4.57 Å². The molecule has 0 aliphatic heterocycles. The molecule has 0 spiro atoms. The van der Waals surface area contributed by atoms with Crippen LogP contribution in [0.1, 0.15) is 264 Å². The van der Waals surface area contributed by atoms with Gasteiger partial charge < -0.3 is 18.9 Å². The Hall–Kier alpha value is -0.990. The highest BCUT2D eigenvalue weighted by Crippen LogP contribution is 2.43. The molecular formula is C51H103NO8P+. The Morgan fingerprint density at radius 3 is 1.05 bits per heavy atom. The van der Waals surface area contributed by atoms with E-state index >= 15 is 0 Å². The van der Waals surface area contributed by atoms with Gasteiger partial charge >= 0.3 is 19.8 Å². The molecule has 2 unspecified atom stereocenters. The van der Waals surface area contributed by atoms with Crippen molar-refractivity contribution >= 4 is 19.8 Å². The van der Waals surface area contributed by atoms with E-state index in [0.29, 0.717) is 17.4 Å². The summed E-state index contributed by atoms with van der Waals surface area (Å²) in [6, 6.07) is 0. The third-order valence-corrected chi connectivity index (χ3v) is 12.9. The molecule has 2 atom stereocenters. The van der Waals surface area contributed by atoms with E-state index in [2.05, 4.69) is 13.8 Å². The van der Waals surface area contributed by atoms with Crippen LogP contribution in [0.3, 0.4) is 0 Å². The van der Waals surface area contributed by atoms with Gasteiger partial charge in [-0.05, 0) is 12.8 Å². The van der Waals surface area contributed by atoms with Crippen LogP contribution in [0.4, 0.5) is 0 Å². The second-order valence-electron chi connectivity index (χ2n) is 19.3. The minimum atomic E-state index is -4.37. The predicted molar refractivity (Wildman–Crippen MR) is 257 cm³/mol. The monoisotopic (exact) mass is 889 g/mol. The number of ether oxygens (including phenoxy) is 2. The molecule has 0 saturated carbocycles. The van der Waals surface area contributed by atoms with Crippen LogP contribution in [-0.2, 0) is 32.7 Å². The lowest BCUT2D eigenvalue weighted by atomic mass is 10.0. The van der Waals surface area contributed by atoms with Crippen LogP contribution >= 0.6 is 7.82 Å². The number of nitrogens with zero attached hydrogens (tertiary/aromatic N) is 1. The number of rotatable bonds is 49. The van der Waals surface area contributed by atoms with E-state index in [1.807, 2.05) is 21.1 Å². The molecule has 0 fully saturated rings. The highest BCUT2D eigenvalue weighted by Gasteiger charge is 2.27. The fraction of sp³-hybridized carbons (Fsp3) is 0.961. The van der Waals surface area contributed by atoms with Gasteiger partial charge in [-0.3, -0.25) is 18.6 Å². The fourth-order valence-electron chi connectivity index (χ4n) is 7.78. The summed E-state index contributed by atoms with van der Waals surface area (Å²) in [5.41, 5.74) is 0. The molecule has 0 aromatic heterocycles. The summed E-state index contributed by atoms with van der Waals surface area (Å²) >= 11 is 0. The molecule has 0 bridgehead atoms. The molecule has 0 amide bonds. The summed E-state index contributed by atoms with van der Waals surface area (Å²) in [7, 11) is 1.50. The number of carbonyl (C=O) groups excluding carboxylic acids is 2. The Balaban J connectivity index is 4.19. The van der Waals surface area contributed by atoms with E-state index in [-0.39, 0.29) is 25.6 Å². The van der Waals surface area contributed by atoms with E-state index in [1.54, 1.807) is 0 Å². The molecule has 0 aliphatic rings. The number of phosphoric ester groups is 1. The maximum absolute atomic E-state index is 12.8. The summed E-state index contributed by atoms with van der Waals surface area (Å²) in [5, 5.41) is 0. The van der Waals surface area contributed by atoms with Crippen LogP contribution in [0.5, 0.6) is 0 Å². The van der Waals surface area contributed by atoms with Gasteiger partial charge in [0.25, 0.3) is 0 Å². The maximum Gasteiger partial charge on any atom is 0.472 e. The van der Waals surface area contributed by atoms with Crippen LogP contribution in [-0.4, -0.2) is 74.9 Å². The average molecular weight is 889 g/mol. The van der Waals surface area contributed by atoms with Gasteiger partial charge in [-0.2, -0.15) is 0 Å². The molecule has 0 saturated heterocycles. The minimum absolute atomic E-state index is 0.0372. The average Bonchev–Trinajstić information content (AvgIpc) is 3.21. The Morgan fingerprint density at radius 2 is 0.738 bits per heavy atom. The largest absolute Gasteiger partial charge is 0.472 e.